The second kappa shape index (κ2) is 7.67. The van der Waals surface area contributed by atoms with E-state index in [1.54, 1.807) is 0 Å². The van der Waals surface area contributed by atoms with E-state index in [0.717, 1.165) is 4.31 Å². The Kier molecular flexibility index (Phi) is 7.37. The van der Waals surface area contributed by atoms with Crippen molar-refractivity contribution in [2.24, 2.45) is 5.73 Å². The summed E-state index contributed by atoms with van der Waals surface area (Å²) in [7, 11) is -2.20. The van der Waals surface area contributed by atoms with Crippen LogP contribution in [0.2, 0.25) is 0 Å². The first-order valence-corrected chi connectivity index (χ1v) is 7.38. The van der Waals surface area contributed by atoms with Crippen LogP contribution in [0, 0.1) is 0 Å². The van der Waals surface area contributed by atoms with Gasteiger partial charge in [0.25, 0.3) is 10.2 Å². The Labute approximate surface area is 109 Å². The van der Waals surface area contributed by atoms with Crippen molar-refractivity contribution in [2.45, 2.75) is 39.3 Å². The van der Waals surface area contributed by atoms with Gasteiger partial charge < -0.3 is 11.1 Å². The molecule has 0 bridgehead atoms. The van der Waals surface area contributed by atoms with E-state index in [0.29, 0.717) is 19.5 Å². The van der Waals surface area contributed by atoms with Gasteiger partial charge in [0, 0.05) is 19.6 Å². The SMILES string of the molecule is CC(C)NC(=O)C(C)NS(=O)(=O)N(C)CCCN. The summed E-state index contributed by atoms with van der Waals surface area (Å²) in [5.41, 5.74) is 5.32. The van der Waals surface area contributed by atoms with Gasteiger partial charge in [0.2, 0.25) is 5.91 Å². The number of nitrogens with zero attached hydrogens (tertiary/aromatic N) is 1. The number of rotatable bonds is 8. The summed E-state index contributed by atoms with van der Waals surface area (Å²) in [5.74, 6) is -0.346. The number of amides is 1. The van der Waals surface area contributed by atoms with E-state index in [4.69, 9.17) is 5.73 Å². The maximum atomic E-state index is 11.8. The third kappa shape index (κ3) is 6.29. The predicted octanol–water partition coefficient (Wildman–Crippen LogP) is -0.985. The van der Waals surface area contributed by atoms with Crippen LogP contribution in [0.5, 0.6) is 0 Å². The fourth-order valence-electron chi connectivity index (χ4n) is 1.21. The van der Waals surface area contributed by atoms with Crippen LogP contribution in [0.1, 0.15) is 27.2 Å². The summed E-state index contributed by atoms with van der Waals surface area (Å²) >= 11 is 0. The number of nitrogens with one attached hydrogen (secondary N) is 2. The zero-order valence-corrected chi connectivity index (χ0v) is 12.3. The molecular weight excluding hydrogens is 256 g/mol. The zero-order chi connectivity index (χ0) is 14.3. The lowest BCUT2D eigenvalue weighted by Gasteiger charge is -2.21. The molecule has 1 unspecified atom stereocenters. The van der Waals surface area contributed by atoms with Crippen molar-refractivity contribution in [2.75, 3.05) is 20.1 Å². The number of hydrogen-bond donors (Lipinski definition) is 3. The largest absolute Gasteiger partial charge is 0.353 e. The van der Waals surface area contributed by atoms with Crippen LogP contribution in [-0.2, 0) is 15.0 Å². The van der Waals surface area contributed by atoms with Crippen molar-refractivity contribution < 1.29 is 13.2 Å². The summed E-state index contributed by atoms with van der Waals surface area (Å²) in [5, 5.41) is 2.64. The molecule has 1 atom stereocenters. The van der Waals surface area contributed by atoms with E-state index in [-0.39, 0.29) is 11.9 Å². The van der Waals surface area contributed by atoms with Gasteiger partial charge >= 0.3 is 0 Å². The summed E-state index contributed by atoms with van der Waals surface area (Å²) < 4.78 is 27.1. The molecule has 0 radical (unpaired) electrons. The van der Waals surface area contributed by atoms with Crippen LogP contribution < -0.4 is 15.8 Å². The summed E-state index contributed by atoms with van der Waals surface area (Å²) in [6.07, 6.45) is 0.573. The summed E-state index contributed by atoms with van der Waals surface area (Å²) in [4.78, 5) is 11.6. The normalized spacial score (nSPS) is 13.9. The average molecular weight is 280 g/mol. The number of hydrogen-bond acceptors (Lipinski definition) is 4. The highest BCUT2D eigenvalue weighted by Gasteiger charge is 2.23. The first-order chi connectivity index (χ1) is 8.20. The minimum atomic E-state index is -3.65. The first-order valence-electron chi connectivity index (χ1n) is 5.94. The Morgan fingerprint density at radius 1 is 1.33 bits per heavy atom. The van der Waals surface area contributed by atoms with Gasteiger partial charge in [0.05, 0.1) is 6.04 Å². The van der Waals surface area contributed by atoms with Gasteiger partial charge in [-0.3, -0.25) is 4.79 Å². The maximum Gasteiger partial charge on any atom is 0.279 e. The van der Waals surface area contributed by atoms with Crippen molar-refractivity contribution in [1.29, 1.82) is 0 Å². The fraction of sp³-hybridized carbons (Fsp3) is 0.900. The molecule has 0 saturated carbocycles. The lowest BCUT2D eigenvalue weighted by Crippen LogP contribution is -2.50. The van der Waals surface area contributed by atoms with E-state index in [9.17, 15) is 13.2 Å². The van der Waals surface area contributed by atoms with Crippen LogP contribution in [0.3, 0.4) is 0 Å². The van der Waals surface area contributed by atoms with E-state index >= 15 is 0 Å². The quantitative estimate of drug-likeness (QED) is 0.531. The van der Waals surface area contributed by atoms with Gasteiger partial charge in [-0.15, -0.1) is 0 Å². The maximum absolute atomic E-state index is 11.8. The molecule has 108 valence electrons. The smallest absolute Gasteiger partial charge is 0.279 e. The molecular formula is C10H24N4O3S. The van der Waals surface area contributed by atoms with Crippen LogP contribution in [0.15, 0.2) is 0 Å². The molecule has 0 saturated heterocycles. The first kappa shape index (κ1) is 17.3. The van der Waals surface area contributed by atoms with Crippen molar-refractivity contribution in [3.05, 3.63) is 0 Å². The Bertz CT molecular complexity index is 356. The molecule has 18 heavy (non-hydrogen) atoms. The Balaban J connectivity index is 4.43. The van der Waals surface area contributed by atoms with Crippen molar-refractivity contribution in [3.8, 4) is 0 Å². The summed E-state index contributed by atoms with van der Waals surface area (Å²) in [6, 6.07) is -0.836. The van der Waals surface area contributed by atoms with Crippen LogP contribution in [0.4, 0.5) is 0 Å². The third-order valence-corrected chi connectivity index (χ3v) is 3.89. The highest BCUT2D eigenvalue weighted by atomic mass is 32.2. The van der Waals surface area contributed by atoms with Gasteiger partial charge in [-0.25, -0.2) is 0 Å². The second-order valence-electron chi connectivity index (χ2n) is 4.47. The lowest BCUT2D eigenvalue weighted by molar-refractivity contribution is -0.122. The van der Waals surface area contributed by atoms with E-state index in [1.807, 2.05) is 13.8 Å². The standard InChI is InChI=1S/C10H24N4O3S/c1-8(2)12-10(15)9(3)13-18(16,17)14(4)7-5-6-11/h8-9,13H,5-7,11H2,1-4H3,(H,12,15). The minimum Gasteiger partial charge on any atom is -0.353 e. The van der Waals surface area contributed by atoms with E-state index in [2.05, 4.69) is 10.0 Å². The van der Waals surface area contributed by atoms with Gasteiger partial charge in [-0.1, -0.05) is 0 Å². The number of carbonyl (C=O) groups is 1. The molecule has 8 heteroatoms. The highest BCUT2D eigenvalue weighted by molar-refractivity contribution is 7.87. The fourth-order valence-corrected chi connectivity index (χ4v) is 2.31. The third-order valence-electron chi connectivity index (χ3n) is 2.24. The average Bonchev–Trinajstić information content (AvgIpc) is 2.24. The molecule has 0 fully saturated rings. The molecule has 0 spiro atoms. The second-order valence-corrected chi connectivity index (χ2v) is 6.28. The van der Waals surface area contributed by atoms with Crippen molar-refractivity contribution in [1.82, 2.24) is 14.3 Å². The predicted molar refractivity (Wildman–Crippen MR) is 71.1 cm³/mol. The molecule has 0 aromatic rings. The van der Waals surface area contributed by atoms with Crippen LogP contribution in [0.25, 0.3) is 0 Å². The topological polar surface area (TPSA) is 105 Å². The molecule has 0 rings (SSSR count). The van der Waals surface area contributed by atoms with E-state index < -0.39 is 16.3 Å². The highest BCUT2D eigenvalue weighted by Crippen LogP contribution is 1.98. The van der Waals surface area contributed by atoms with Crippen LogP contribution in [-0.4, -0.2) is 50.9 Å². The van der Waals surface area contributed by atoms with Gasteiger partial charge in [-0.05, 0) is 33.7 Å². The molecule has 0 aliphatic heterocycles. The summed E-state index contributed by atoms with van der Waals surface area (Å²) in [6.45, 7) is 5.87. The molecule has 0 aromatic heterocycles. The number of carbonyl (C=O) groups excluding carboxylic acids is 1. The minimum absolute atomic E-state index is 0.0283. The van der Waals surface area contributed by atoms with E-state index in [1.165, 1.54) is 14.0 Å². The number of nitrogens with two attached hydrogens (primary N) is 1. The molecule has 7 nitrogen and oxygen atoms in total. The van der Waals surface area contributed by atoms with Crippen LogP contribution >= 0.6 is 0 Å². The van der Waals surface area contributed by atoms with Gasteiger partial charge in [0.15, 0.2) is 0 Å². The molecule has 0 aromatic carbocycles. The van der Waals surface area contributed by atoms with Gasteiger partial charge in [0.1, 0.15) is 0 Å². The molecule has 0 aliphatic carbocycles. The lowest BCUT2D eigenvalue weighted by atomic mass is 10.3. The molecule has 0 aliphatic rings. The molecule has 4 N–H and O–H groups in total. The molecule has 0 heterocycles. The Hall–Kier alpha value is -0.700. The Morgan fingerprint density at radius 3 is 2.33 bits per heavy atom. The van der Waals surface area contributed by atoms with Crippen molar-refractivity contribution >= 4 is 16.1 Å². The molecule has 1 amide bonds. The monoisotopic (exact) mass is 280 g/mol. The van der Waals surface area contributed by atoms with Gasteiger partial charge in [-0.2, -0.15) is 17.4 Å². The van der Waals surface area contributed by atoms with Crippen molar-refractivity contribution in [3.63, 3.8) is 0 Å². The zero-order valence-electron chi connectivity index (χ0n) is 11.4. The Morgan fingerprint density at radius 2 is 1.89 bits per heavy atom.